The fourth-order valence-electron chi connectivity index (χ4n) is 14.2. The van der Waals surface area contributed by atoms with Crippen LogP contribution in [-0.4, -0.2) is 94.1 Å². The van der Waals surface area contributed by atoms with Crippen LogP contribution >= 0.6 is 34.0 Å². The molecule has 16 nitrogen and oxygen atoms in total. The number of fused-ring (bicyclic) bond motifs is 18. The van der Waals surface area contributed by atoms with Crippen LogP contribution in [0.4, 0.5) is 15.4 Å². The third-order valence-electron chi connectivity index (χ3n) is 19.3. The highest BCUT2D eigenvalue weighted by atomic mass is 32.1. The first kappa shape index (κ1) is 47.2. The molecule has 19 heteroatoms. The number of methoxy groups -OCH3 is 1. The SMILES string of the molecule is COc1ccc2nc(N3C(=O)[C@@]4(C)[C@@H]5CC[C@@H](O5)[C@@]4(C)C3=O)sc2c1.Cc1ccc2nc(N3C(=O)[C@@]4(C)[C@@H]5CC[C@@H](O5)[C@@]4(C)C3=O)sc2c1.Cc1ccc2nc(N3C(=O)[C@@]4(C)[C@@H]5CC[C@@H](O5)[C@@]4(C)C3=O)sc2c1. The predicted octanol–water partition coefficient (Wildman–Crippen LogP) is 8.86. The largest absolute Gasteiger partial charge is 0.497 e. The van der Waals surface area contributed by atoms with Gasteiger partial charge in [-0.25, -0.2) is 29.7 Å². The first-order chi connectivity index (χ1) is 34.6. The molecule has 12 atom stereocenters. The number of thiazole rings is 3. The molecule has 9 fully saturated rings. The molecule has 0 aliphatic carbocycles. The lowest BCUT2D eigenvalue weighted by molar-refractivity contribution is -0.132. The zero-order chi connectivity index (χ0) is 51.3. The van der Waals surface area contributed by atoms with E-state index in [9.17, 15) is 28.8 Å². The van der Waals surface area contributed by atoms with Crippen molar-refractivity contribution in [3.63, 3.8) is 0 Å². The number of benzene rings is 3. The van der Waals surface area contributed by atoms with Gasteiger partial charge in [-0.3, -0.25) is 28.8 Å². The number of anilines is 3. The first-order valence-electron chi connectivity index (χ1n) is 25.0. The van der Waals surface area contributed by atoms with Crippen LogP contribution in [0.25, 0.3) is 30.6 Å². The van der Waals surface area contributed by atoms with Crippen molar-refractivity contribution in [2.45, 2.75) is 131 Å². The summed E-state index contributed by atoms with van der Waals surface area (Å²) < 4.78 is 26.0. The number of imide groups is 3. The van der Waals surface area contributed by atoms with Crippen LogP contribution in [0.3, 0.4) is 0 Å². The third-order valence-corrected chi connectivity index (χ3v) is 22.3. The standard InChI is InChI=1S/C18H18N2O4S.2C18H18N2O3S/c1-17-12-6-7-13(24-12)18(17,2)15(22)20(14(17)21)16-19-10-5-4-9(23-3)8-11(10)25-16;2*1-9-4-5-10-11(8-9)24-16(19-10)20-14(21)17(2)12-6-7-13(23-12)18(17,3)15(20)22/h4-5,8,12-13H,6-7H2,1-3H3;2*4-5,8,12-13H,6-7H2,1-3H3/t3*12-,13+,17+,18-. The van der Waals surface area contributed by atoms with Crippen LogP contribution in [0.5, 0.6) is 5.75 Å². The zero-order valence-corrected chi connectivity index (χ0v) is 44.3. The van der Waals surface area contributed by atoms with E-state index in [4.69, 9.17) is 18.9 Å². The Morgan fingerprint density at radius 3 is 0.973 bits per heavy atom. The Morgan fingerprint density at radius 1 is 0.438 bits per heavy atom. The highest BCUT2D eigenvalue weighted by Crippen LogP contribution is 2.67. The van der Waals surface area contributed by atoms with E-state index in [2.05, 4.69) is 15.0 Å². The molecule has 6 aromatic rings. The van der Waals surface area contributed by atoms with Crippen molar-refractivity contribution >= 4 is 115 Å². The Labute approximate surface area is 432 Å². The van der Waals surface area contributed by atoms with Gasteiger partial charge in [-0.1, -0.05) is 46.1 Å². The summed E-state index contributed by atoms with van der Waals surface area (Å²) in [5.41, 5.74) is -0.0275. The van der Waals surface area contributed by atoms with Crippen molar-refractivity contribution in [3.05, 3.63) is 65.7 Å². The lowest BCUT2D eigenvalue weighted by Crippen LogP contribution is -2.48. The molecule has 9 aliphatic rings. The quantitative estimate of drug-likeness (QED) is 0.153. The number of ether oxygens (including phenoxy) is 4. The van der Waals surface area contributed by atoms with E-state index in [0.29, 0.717) is 15.4 Å². The fraction of sp³-hybridized carbons (Fsp3) is 0.500. The Hall–Kier alpha value is -5.57. The Balaban J connectivity index is 0.000000106. The Morgan fingerprint density at radius 2 is 0.699 bits per heavy atom. The second-order valence-corrected chi connectivity index (χ2v) is 25.4. The van der Waals surface area contributed by atoms with Gasteiger partial charge in [-0.05, 0) is 148 Å². The number of carbonyl (C=O) groups is 6. The van der Waals surface area contributed by atoms with Crippen LogP contribution in [-0.2, 0) is 43.0 Å². The van der Waals surface area contributed by atoms with Crippen molar-refractivity contribution in [3.8, 4) is 5.75 Å². The second kappa shape index (κ2) is 15.3. The molecule has 6 amide bonds. The third kappa shape index (κ3) is 5.62. The minimum absolute atomic E-state index is 0.155. The summed E-state index contributed by atoms with van der Waals surface area (Å²) in [6.07, 6.45) is 4.06. The first-order valence-corrected chi connectivity index (χ1v) is 27.4. The molecule has 378 valence electrons. The van der Waals surface area contributed by atoms with Gasteiger partial charge in [-0.15, -0.1) is 0 Å². The molecule has 15 rings (SSSR count). The van der Waals surface area contributed by atoms with Crippen LogP contribution < -0.4 is 19.4 Å². The summed E-state index contributed by atoms with van der Waals surface area (Å²) in [4.78, 5) is 97.2. The van der Waals surface area contributed by atoms with Crippen molar-refractivity contribution < 1.29 is 47.7 Å². The normalized spacial score (nSPS) is 37.3. The molecular formula is C54H54N6O10S3. The number of amides is 6. The van der Waals surface area contributed by atoms with Crippen LogP contribution in [0.1, 0.15) is 91.2 Å². The van der Waals surface area contributed by atoms with E-state index in [1.165, 1.54) is 48.7 Å². The zero-order valence-electron chi connectivity index (χ0n) is 41.9. The van der Waals surface area contributed by atoms with Crippen LogP contribution in [0.15, 0.2) is 54.6 Å². The van der Waals surface area contributed by atoms with E-state index in [0.717, 1.165) is 86.1 Å². The molecular weight excluding hydrogens is 989 g/mol. The summed E-state index contributed by atoms with van der Waals surface area (Å²) in [6, 6.07) is 17.5. The van der Waals surface area contributed by atoms with Crippen molar-refractivity contribution in [2.75, 3.05) is 21.8 Å². The summed E-state index contributed by atoms with van der Waals surface area (Å²) in [5, 5.41) is 1.42. The van der Waals surface area contributed by atoms with E-state index in [1.54, 1.807) is 7.11 Å². The average Bonchev–Trinajstić information content (AvgIpc) is 4.24. The minimum Gasteiger partial charge on any atom is -0.497 e. The van der Waals surface area contributed by atoms with Gasteiger partial charge < -0.3 is 18.9 Å². The van der Waals surface area contributed by atoms with Gasteiger partial charge in [0.25, 0.3) is 0 Å². The number of aryl methyl sites for hydroxylation is 2. The molecule has 0 saturated carbocycles. The van der Waals surface area contributed by atoms with E-state index in [-0.39, 0.29) is 72.1 Å². The number of aromatic nitrogens is 3. The lowest BCUT2D eigenvalue weighted by Gasteiger charge is -2.36. The highest BCUT2D eigenvalue weighted by molar-refractivity contribution is 7.23. The smallest absolute Gasteiger partial charge is 0.245 e. The van der Waals surface area contributed by atoms with Gasteiger partial charge in [0.2, 0.25) is 35.4 Å². The molecule has 9 saturated heterocycles. The monoisotopic (exact) mass is 1040 g/mol. The maximum absolute atomic E-state index is 13.3. The van der Waals surface area contributed by atoms with E-state index >= 15 is 0 Å². The molecule has 0 N–H and O–H groups in total. The van der Waals surface area contributed by atoms with Gasteiger partial charge >= 0.3 is 0 Å². The maximum atomic E-state index is 13.3. The lowest BCUT2D eigenvalue weighted by atomic mass is 9.59. The van der Waals surface area contributed by atoms with Crippen molar-refractivity contribution in [1.82, 2.24) is 15.0 Å². The Kier molecular flexibility index (Phi) is 9.87. The highest BCUT2D eigenvalue weighted by Gasteiger charge is 2.80. The van der Waals surface area contributed by atoms with E-state index < -0.39 is 32.5 Å². The van der Waals surface area contributed by atoms with Gasteiger partial charge in [-0.2, -0.15) is 0 Å². The van der Waals surface area contributed by atoms with Gasteiger partial charge in [0.1, 0.15) is 5.75 Å². The molecule has 12 heterocycles. The summed E-state index contributed by atoms with van der Waals surface area (Å²) in [7, 11) is 1.61. The van der Waals surface area contributed by atoms with Crippen LogP contribution in [0.2, 0.25) is 0 Å². The molecule has 6 bridgehead atoms. The summed E-state index contributed by atoms with van der Waals surface area (Å²) >= 11 is 4.16. The minimum atomic E-state index is -0.803. The molecule has 3 aromatic heterocycles. The molecule has 0 unspecified atom stereocenters. The number of rotatable bonds is 4. The second-order valence-electron chi connectivity index (χ2n) is 22.4. The molecule has 73 heavy (non-hydrogen) atoms. The number of hydrogen-bond acceptors (Lipinski definition) is 16. The predicted molar refractivity (Wildman–Crippen MR) is 275 cm³/mol. The van der Waals surface area contributed by atoms with Gasteiger partial charge in [0, 0.05) is 0 Å². The summed E-state index contributed by atoms with van der Waals surface area (Å²) in [5.74, 6) is -0.257. The molecule has 3 aromatic carbocycles. The average molecular weight is 1040 g/mol. The van der Waals surface area contributed by atoms with Crippen molar-refractivity contribution in [1.29, 1.82) is 0 Å². The van der Waals surface area contributed by atoms with Gasteiger partial charge in [0.15, 0.2) is 15.4 Å². The van der Waals surface area contributed by atoms with Gasteiger partial charge in [0.05, 0.1) is 107 Å². The Bertz CT molecular complexity index is 3250. The molecule has 9 aliphatic heterocycles. The van der Waals surface area contributed by atoms with E-state index in [1.807, 2.05) is 110 Å². The number of nitrogens with zero attached hydrogens (tertiary/aromatic N) is 6. The maximum Gasteiger partial charge on any atom is 0.245 e. The fourth-order valence-corrected chi connectivity index (χ4v) is 17.3. The summed E-state index contributed by atoms with van der Waals surface area (Å²) in [6.45, 7) is 15.4. The number of hydrogen-bond donors (Lipinski definition) is 0. The topological polar surface area (TPSA) is 188 Å². The molecule has 0 spiro atoms. The van der Waals surface area contributed by atoms with Crippen LogP contribution in [0, 0.1) is 46.3 Å². The van der Waals surface area contributed by atoms with Crippen molar-refractivity contribution in [2.24, 2.45) is 32.5 Å². The molecule has 0 radical (unpaired) electrons. The number of carbonyl (C=O) groups excluding carboxylic acids is 6.